The van der Waals surface area contributed by atoms with Gasteiger partial charge < -0.3 is 20.3 Å². The number of aliphatic hydroxyl groups excluding tert-OH is 1. The summed E-state index contributed by atoms with van der Waals surface area (Å²) in [5.41, 5.74) is 0.481. The van der Waals surface area contributed by atoms with Gasteiger partial charge in [-0.15, -0.1) is 0 Å². The summed E-state index contributed by atoms with van der Waals surface area (Å²) in [5.74, 6) is -1.20. The van der Waals surface area contributed by atoms with Crippen molar-refractivity contribution >= 4 is 11.9 Å². The number of aliphatic carboxylic acids is 1. The number of rotatable bonds is 5. The van der Waals surface area contributed by atoms with Crippen LogP contribution in [0.4, 0.5) is 0 Å². The van der Waals surface area contributed by atoms with Gasteiger partial charge in [-0.2, -0.15) is 0 Å². The Balaban J connectivity index is 1.94. The van der Waals surface area contributed by atoms with Gasteiger partial charge in [0.15, 0.2) is 0 Å². The highest BCUT2D eigenvalue weighted by atomic mass is 16.5. The average Bonchev–Trinajstić information content (AvgIpc) is 2.49. The highest BCUT2D eigenvalue weighted by Crippen LogP contribution is 2.22. The number of carboxylic acids is 1. The first-order chi connectivity index (χ1) is 10.1. The molecule has 1 saturated heterocycles. The van der Waals surface area contributed by atoms with E-state index in [9.17, 15) is 14.7 Å². The van der Waals surface area contributed by atoms with E-state index >= 15 is 0 Å². The van der Waals surface area contributed by atoms with Gasteiger partial charge in [0, 0.05) is 18.0 Å². The van der Waals surface area contributed by atoms with Crippen LogP contribution in [0.1, 0.15) is 29.6 Å². The Bertz CT molecular complexity index is 493. The third kappa shape index (κ3) is 4.24. The molecular weight excluding hydrogens is 276 g/mol. The van der Waals surface area contributed by atoms with Gasteiger partial charge in [-0.25, -0.2) is 0 Å². The van der Waals surface area contributed by atoms with Crippen LogP contribution in [0.3, 0.4) is 0 Å². The van der Waals surface area contributed by atoms with E-state index in [0.29, 0.717) is 18.4 Å². The second-order valence-electron chi connectivity index (χ2n) is 4.97. The van der Waals surface area contributed by atoms with Crippen molar-refractivity contribution < 1.29 is 24.5 Å². The normalized spacial score (nSPS) is 25.3. The molecule has 1 aliphatic heterocycles. The Kier molecular flexibility index (Phi) is 5.24. The summed E-state index contributed by atoms with van der Waals surface area (Å²) in [4.78, 5) is 26.6. The molecule has 0 bridgehead atoms. The Hall–Kier alpha value is -1.99. The number of nitrogens with zero attached hydrogens (tertiary/aromatic N) is 1. The molecule has 0 aromatic carbocycles. The van der Waals surface area contributed by atoms with Crippen LogP contribution >= 0.6 is 0 Å². The van der Waals surface area contributed by atoms with Crippen molar-refractivity contribution in [2.24, 2.45) is 0 Å². The lowest BCUT2D eigenvalue weighted by Crippen LogP contribution is -2.51. The highest BCUT2D eigenvalue weighted by Gasteiger charge is 2.32. The molecule has 1 amide bonds. The molecule has 114 valence electrons. The first-order valence-electron chi connectivity index (χ1n) is 6.79. The summed E-state index contributed by atoms with van der Waals surface area (Å²) >= 11 is 0. The van der Waals surface area contributed by atoms with E-state index in [-0.39, 0.29) is 25.0 Å². The van der Waals surface area contributed by atoms with E-state index in [0.717, 1.165) is 0 Å². The largest absolute Gasteiger partial charge is 0.481 e. The topological polar surface area (TPSA) is 109 Å². The fraction of sp³-hybridized carbons (Fsp3) is 0.500. The molecule has 7 heteroatoms. The molecule has 3 atom stereocenters. The molecule has 0 saturated carbocycles. The zero-order chi connectivity index (χ0) is 15.2. The van der Waals surface area contributed by atoms with Crippen LogP contribution in [0.25, 0.3) is 0 Å². The lowest BCUT2D eigenvalue weighted by atomic mass is 9.97. The van der Waals surface area contributed by atoms with Gasteiger partial charge in [0.25, 0.3) is 5.91 Å². The van der Waals surface area contributed by atoms with E-state index < -0.39 is 18.2 Å². The molecule has 0 unspecified atom stereocenters. The van der Waals surface area contributed by atoms with Gasteiger partial charge in [0.1, 0.15) is 6.10 Å². The lowest BCUT2D eigenvalue weighted by molar-refractivity contribution is -0.145. The fourth-order valence-corrected chi connectivity index (χ4v) is 2.40. The highest BCUT2D eigenvalue weighted by molar-refractivity contribution is 5.94. The van der Waals surface area contributed by atoms with E-state index in [1.807, 2.05) is 0 Å². The maximum Gasteiger partial charge on any atom is 0.305 e. The number of carbonyl (C=O) groups is 2. The van der Waals surface area contributed by atoms with Gasteiger partial charge in [-0.05, 0) is 25.0 Å². The third-order valence-corrected chi connectivity index (χ3v) is 3.46. The second-order valence-corrected chi connectivity index (χ2v) is 4.97. The number of nitrogens with one attached hydrogen (secondary N) is 1. The number of pyridine rings is 1. The van der Waals surface area contributed by atoms with E-state index in [2.05, 4.69) is 10.3 Å². The summed E-state index contributed by atoms with van der Waals surface area (Å²) in [6, 6.07) is 2.86. The maximum atomic E-state index is 12.1. The van der Waals surface area contributed by atoms with Crippen molar-refractivity contribution in [2.45, 2.75) is 37.5 Å². The van der Waals surface area contributed by atoms with Crippen LogP contribution in [0.15, 0.2) is 24.5 Å². The number of aromatic nitrogens is 1. The summed E-state index contributed by atoms with van der Waals surface area (Å²) in [6.07, 6.45) is 3.05. The molecule has 0 spiro atoms. The molecule has 1 aliphatic rings. The predicted octanol–water partition coefficient (Wildman–Crippen LogP) is 0.195. The van der Waals surface area contributed by atoms with E-state index in [4.69, 9.17) is 9.84 Å². The van der Waals surface area contributed by atoms with Crippen molar-refractivity contribution in [3.8, 4) is 0 Å². The van der Waals surface area contributed by atoms with Crippen LogP contribution in [0.5, 0.6) is 0 Å². The van der Waals surface area contributed by atoms with Crippen molar-refractivity contribution in [1.29, 1.82) is 0 Å². The van der Waals surface area contributed by atoms with Crippen molar-refractivity contribution in [3.05, 3.63) is 30.1 Å². The number of amides is 1. The summed E-state index contributed by atoms with van der Waals surface area (Å²) in [6.45, 7) is -0.266. The quantitative estimate of drug-likeness (QED) is 0.715. The number of carbonyl (C=O) groups excluding carboxylic acids is 1. The Morgan fingerprint density at radius 2 is 2.05 bits per heavy atom. The van der Waals surface area contributed by atoms with Crippen LogP contribution < -0.4 is 5.32 Å². The molecule has 1 aromatic heterocycles. The molecule has 0 radical (unpaired) electrons. The first-order valence-corrected chi connectivity index (χ1v) is 6.79. The maximum absolute atomic E-state index is 12.1. The minimum atomic E-state index is -0.934. The number of ether oxygens (including phenoxy) is 1. The number of hydrogen-bond donors (Lipinski definition) is 3. The van der Waals surface area contributed by atoms with E-state index in [1.54, 1.807) is 12.1 Å². The van der Waals surface area contributed by atoms with Gasteiger partial charge in [0.05, 0.1) is 25.2 Å². The molecule has 1 aromatic rings. The summed E-state index contributed by atoms with van der Waals surface area (Å²) in [5, 5.41) is 20.9. The van der Waals surface area contributed by atoms with Gasteiger partial charge >= 0.3 is 5.97 Å². The second kappa shape index (κ2) is 7.14. The standard InChI is InChI=1S/C14H18N2O5/c17-8-12-11(2-1-10(21-12)7-13(18)19)16-14(20)9-3-5-15-6-4-9/h3-6,10-12,17H,1-2,7-8H2,(H,16,20)(H,18,19)/t10-,11+,12+/m0/s1. The molecule has 2 rings (SSSR count). The van der Waals surface area contributed by atoms with Crippen molar-refractivity contribution in [3.63, 3.8) is 0 Å². The van der Waals surface area contributed by atoms with Crippen molar-refractivity contribution in [2.75, 3.05) is 6.61 Å². The number of carboxylic acid groups (broad SMARTS) is 1. The zero-order valence-corrected chi connectivity index (χ0v) is 11.4. The number of aliphatic hydroxyl groups is 1. The van der Waals surface area contributed by atoms with Gasteiger partial charge in [0.2, 0.25) is 0 Å². The Labute approximate surface area is 122 Å². The lowest BCUT2D eigenvalue weighted by Gasteiger charge is -2.35. The van der Waals surface area contributed by atoms with Crippen LogP contribution in [-0.2, 0) is 9.53 Å². The molecule has 1 fully saturated rings. The Morgan fingerprint density at radius 1 is 1.33 bits per heavy atom. The average molecular weight is 294 g/mol. The molecule has 7 nitrogen and oxygen atoms in total. The van der Waals surface area contributed by atoms with Crippen LogP contribution in [0.2, 0.25) is 0 Å². The Morgan fingerprint density at radius 3 is 2.67 bits per heavy atom. The fourth-order valence-electron chi connectivity index (χ4n) is 2.40. The molecule has 21 heavy (non-hydrogen) atoms. The van der Waals surface area contributed by atoms with Gasteiger partial charge in [-0.3, -0.25) is 14.6 Å². The molecule has 0 aliphatic carbocycles. The van der Waals surface area contributed by atoms with Crippen LogP contribution in [0, 0.1) is 0 Å². The smallest absolute Gasteiger partial charge is 0.305 e. The van der Waals surface area contributed by atoms with Crippen molar-refractivity contribution in [1.82, 2.24) is 10.3 Å². The summed E-state index contributed by atoms with van der Waals surface area (Å²) in [7, 11) is 0. The third-order valence-electron chi connectivity index (χ3n) is 3.46. The molecule has 3 N–H and O–H groups in total. The monoisotopic (exact) mass is 294 g/mol. The van der Waals surface area contributed by atoms with Gasteiger partial charge in [-0.1, -0.05) is 0 Å². The van der Waals surface area contributed by atoms with E-state index in [1.165, 1.54) is 12.4 Å². The number of hydrogen-bond acceptors (Lipinski definition) is 5. The molecular formula is C14H18N2O5. The predicted molar refractivity (Wildman–Crippen MR) is 72.7 cm³/mol. The molecule has 2 heterocycles. The minimum absolute atomic E-state index is 0.0957. The van der Waals surface area contributed by atoms with Crippen LogP contribution in [-0.4, -0.2) is 51.9 Å². The minimum Gasteiger partial charge on any atom is -0.481 e. The first kappa shape index (κ1) is 15.4. The zero-order valence-electron chi connectivity index (χ0n) is 11.4. The SMILES string of the molecule is O=C(O)C[C@@H]1CC[C@@H](NC(=O)c2ccncc2)[C@@H](CO)O1. The summed E-state index contributed by atoms with van der Waals surface area (Å²) < 4.78 is 5.54.